The third-order valence-corrected chi connectivity index (χ3v) is 2.66. The van der Waals surface area contributed by atoms with Gasteiger partial charge in [0.25, 0.3) is 0 Å². The molecule has 3 nitrogen and oxygen atoms in total. The van der Waals surface area contributed by atoms with Gasteiger partial charge in [0.1, 0.15) is 10.8 Å². The third-order valence-electron chi connectivity index (χ3n) is 2.45. The average Bonchev–Trinajstić information content (AvgIpc) is 2.70. The predicted octanol–water partition coefficient (Wildman–Crippen LogP) is 3.58. The van der Waals surface area contributed by atoms with Gasteiger partial charge in [-0.25, -0.2) is 4.98 Å². The largest absolute Gasteiger partial charge is 0.402 e. The molecule has 0 spiro atoms. The van der Waals surface area contributed by atoms with E-state index in [0.717, 1.165) is 16.7 Å². The van der Waals surface area contributed by atoms with Crippen LogP contribution in [0.2, 0.25) is 5.15 Å². The van der Waals surface area contributed by atoms with E-state index in [2.05, 4.69) is 11.6 Å². The highest BCUT2D eigenvalue weighted by molar-refractivity contribution is 6.29. The molecule has 2 heterocycles. The maximum atomic E-state index is 5.93. The van der Waals surface area contributed by atoms with Gasteiger partial charge in [0, 0.05) is 23.0 Å². The van der Waals surface area contributed by atoms with Crippen LogP contribution in [0.25, 0.3) is 16.7 Å². The van der Waals surface area contributed by atoms with Crippen molar-refractivity contribution in [3.05, 3.63) is 60.1 Å². The lowest BCUT2D eigenvalue weighted by Gasteiger charge is -2.06. The molecule has 0 aliphatic rings. The SMILES string of the molecule is C=C/C=C(\C=C(/C)N)n1ccc2ccc(Cl)nc21. The number of nitrogens with two attached hydrogens (primary N) is 1. The monoisotopic (exact) mass is 259 g/mol. The van der Waals surface area contributed by atoms with Crippen LogP contribution in [0.3, 0.4) is 0 Å². The molecule has 0 saturated carbocycles. The van der Waals surface area contributed by atoms with E-state index in [4.69, 9.17) is 17.3 Å². The number of allylic oxidation sites excluding steroid dienone is 5. The number of hydrogen-bond acceptors (Lipinski definition) is 2. The van der Waals surface area contributed by atoms with Gasteiger partial charge >= 0.3 is 0 Å². The van der Waals surface area contributed by atoms with Gasteiger partial charge in [-0.3, -0.25) is 0 Å². The highest BCUT2D eigenvalue weighted by Gasteiger charge is 2.05. The molecule has 0 aliphatic heterocycles. The van der Waals surface area contributed by atoms with Crippen molar-refractivity contribution in [2.24, 2.45) is 5.73 Å². The summed E-state index contributed by atoms with van der Waals surface area (Å²) in [6, 6.07) is 5.69. The molecule has 18 heavy (non-hydrogen) atoms. The van der Waals surface area contributed by atoms with Crippen LogP contribution in [0.4, 0.5) is 0 Å². The van der Waals surface area contributed by atoms with Crippen molar-refractivity contribution in [1.82, 2.24) is 9.55 Å². The Morgan fingerprint density at radius 3 is 2.89 bits per heavy atom. The highest BCUT2D eigenvalue weighted by atomic mass is 35.5. The van der Waals surface area contributed by atoms with Crippen LogP contribution in [0.15, 0.2) is 54.9 Å². The lowest BCUT2D eigenvalue weighted by Crippen LogP contribution is -1.98. The van der Waals surface area contributed by atoms with Crippen molar-refractivity contribution in [1.29, 1.82) is 0 Å². The summed E-state index contributed by atoms with van der Waals surface area (Å²) in [7, 11) is 0. The van der Waals surface area contributed by atoms with Gasteiger partial charge < -0.3 is 10.3 Å². The zero-order chi connectivity index (χ0) is 13.1. The zero-order valence-electron chi connectivity index (χ0n) is 10.1. The van der Waals surface area contributed by atoms with E-state index in [1.165, 1.54) is 0 Å². The van der Waals surface area contributed by atoms with Gasteiger partial charge in [-0.2, -0.15) is 0 Å². The molecule has 2 rings (SSSR count). The Morgan fingerprint density at radius 1 is 1.44 bits per heavy atom. The zero-order valence-corrected chi connectivity index (χ0v) is 10.9. The van der Waals surface area contributed by atoms with Crippen LogP contribution in [0.5, 0.6) is 0 Å². The number of hydrogen-bond donors (Lipinski definition) is 1. The molecule has 0 atom stereocenters. The van der Waals surface area contributed by atoms with Crippen LogP contribution >= 0.6 is 11.6 Å². The summed E-state index contributed by atoms with van der Waals surface area (Å²) in [5.74, 6) is 0. The fraction of sp³-hybridized carbons (Fsp3) is 0.0714. The number of pyridine rings is 1. The first kappa shape index (κ1) is 12.5. The molecule has 0 amide bonds. The molecule has 2 N–H and O–H groups in total. The van der Waals surface area contributed by atoms with Gasteiger partial charge in [0.05, 0.1) is 0 Å². The Bertz CT molecular complexity index is 646. The summed E-state index contributed by atoms with van der Waals surface area (Å²) in [6.45, 7) is 5.55. The topological polar surface area (TPSA) is 43.8 Å². The van der Waals surface area contributed by atoms with Gasteiger partial charge in [0.15, 0.2) is 0 Å². The Hall–Kier alpha value is -2.00. The average molecular weight is 260 g/mol. The first-order valence-corrected chi connectivity index (χ1v) is 5.90. The fourth-order valence-corrected chi connectivity index (χ4v) is 1.89. The molecule has 0 radical (unpaired) electrons. The van der Waals surface area contributed by atoms with Crippen molar-refractivity contribution < 1.29 is 0 Å². The number of aromatic nitrogens is 2. The number of nitrogens with zero attached hydrogens (tertiary/aromatic N) is 2. The second-order valence-electron chi connectivity index (χ2n) is 3.95. The summed E-state index contributed by atoms with van der Waals surface area (Å²) >= 11 is 5.93. The van der Waals surface area contributed by atoms with Crippen molar-refractivity contribution >= 4 is 28.3 Å². The summed E-state index contributed by atoms with van der Waals surface area (Å²) in [6.07, 6.45) is 7.38. The molecule has 0 saturated heterocycles. The smallest absolute Gasteiger partial charge is 0.146 e. The molecular formula is C14H14ClN3. The molecule has 92 valence electrons. The van der Waals surface area contributed by atoms with Crippen molar-refractivity contribution in [3.63, 3.8) is 0 Å². The quantitative estimate of drug-likeness (QED) is 0.676. The lowest BCUT2D eigenvalue weighted by atomic mass is 10.3. The molecule has 2 aromatic rings. The summed E-state index contributed by atoms with van der Waals surface area (Å²) in [5.41, 5.74) is 8.14. The summed E-state index contributed by atoms with van der Waals surface area (Å²) < 4.78 is 1.93. The van der Waals surface area contributed by atoms with E-state index in [-0.39, 0.29) is 0 Å². The van der Waals surface area contributed by atoms with E-state index < -0.39 is 0 Å². The van der Waals surface area contributed by atoms with Gasteiger partial charge in [-0.15, -0.1) is 0 Å². The Morgan fingerprint density at radius 2 is 2.22 bits per heavy atom. The normalized spacial score (nSPS) is 13.0. The maximum absolute atomic E-state index is 5.93. The third kappa shape index (κ3) is 2.46. The molecule has 0 unspecified atom stereocenters. The van der Waals surface area contributed by atoms with Crippen molar-refractivity contribution in [2.45, 2.75) is 6.92 Å². The number of halogens is 1. The van der Waals surface area contributed by atoms with E-state index in [9.17, 15) is 0 Å². The Balaban J connectivity index is 2.65. The molecule has 0 bridgehead atoms. The van der Waals surface area contributed by atoms with Crippen molar-refractivity contribution in [2.75, 3.05) is 0 Å². The minimum atomic E-state index is 0.467. The van der Waals surface area contributed by atoms with Gasteiger partial charge in [-0.1, -0.05) is 24.3 Å². The molecule has 0 aromatic carbocycles. The number of rotatable bonds is 3. The van der Waals surface area contributed by atoms with E-state index >= 15 is 0 Å². The second kappa shape index (κ2) is 5.10. The minimum absolute atomic E-state index is 0.467. The second-order valence-corrected chi connectivity index (χ2v) is 4.34. The van der Waals surface area contributed by atoms with Crippen LogP contribution in [-0.4, -0.2) is 9.55 Å². The first-order chi connectivity index (χ1) is 8.61. The lowest BCUT2D eigenvalue weighted by molar-refractivity contribution is 1.13. The molecule has 0 fully saturated rings. The maximum Gasteiger partial charge on any atom is 0.146 e. The van der Waals surface area contributed by atoms with E-state index in [1.807, 2.05) is 42.0 Å². The Labute approximate surface area is 111 Å². The van der Waals surface area contributed by atoms with Crippen LogP contribution in [-0.2, 0) is 0 Å². The minimum Gasteiger partial charge on any atom is -0.402 e. The van der Waals surface area contributed by atoms with E-state index in [0.29, 0.717) is 10.9 Å². The predicted molar refractivity (Wildman–Crippen MR) is 77.2 cm³/mol. The van der Waals surface area contributed by atoms with Gasteiger partial charge in [-0.05, 0) is 37.3 Å². The van der Waals surface area contributed by atoms with Crippen molar-refractivity contribution in [3.8, 4) is 0 Å². The fourth-order valence-electron chi connectivity index (χ4n) is 1.74. The molecule has 2 aromatic heterocycles. The Kier molecular flexibility index (Phi) is 3.53. The van der Waals surface area contributed by atoms with Gasteiger partial charge in [0.2, 0.25) is 0 Å². The highest BCUT2D eigenvalue weighted by Crippen LogP contribution is 2.21. The van der Waals surface area contributed by atoms with Crippen LogP contribution < -0.4 is 5.73 Å². The van der Waals surface area contributed by atoms with E-state index in [1.54, 1.807) is 12.1 Å². The summed E-state index contributed by atoms with van der Waals surface area (Å²) in [5, 5.41) is 1.49. The van der Waals surface area contributed by atoms with Crippen LogP contribution in [0.1, 0.15) is 6.92 Å². The standard InChI is InChI=1S/C14H14ClN3/c1-3-4-12(9-10(2)16)18-8-7-11-5-6-13(15)17-14(11)18/h3-9H,1,16H2,2H3/b10-9+,12-4+. The molecule has 0 aliphatic carbocycles. The first-order valence-electron chi connectivity index (χ1n) is 5.52. The summed E-state index contributed by atoms with van der Waals surface area (Å²) in [4.78, 5) is 4.33. The number of fused-ring (bicyclic) bond motifs is 1. The van der Waals surface area contributed by atoms with Crippen LogP contribution in [0, 0.1) is 0 Å². The molecular weight excluding hydrogens is 246 g/mol. The molecule has 4 heteroatoms.